The maximum absolute atomic E-state index is 11.1. The smallest absolute Gasteiger partial charge is 0.123 e. The van der Waals surface area contributed by atoms with Crippen LogP contribution in [0.4, 0.5) is 0 Å². The number of nitrogens with zero attached hydrogens (tertiary/aromatic N) is 3. The molecule has 1 N–H and O–H groups in total. The lowest BCUT2D eigenvalue weighted by molar-refractivity contribution is -0.0279. The Morgan fingerprint density at radius 1 is 0.917 bits per heavy atom. The van der Waals surface area contributed by atoms with Crippen molar-refractivity contribution in [2.75, 3.05) is 26.2 Å². The van der Waals surface area contributed by atoms with Crippen LogP contribution in [0.15, 0.2) is 67.0 Å². The third-order valence-electron chi connectivity index (χ3n) is 7.55. The highest BCUT2D eigenvalue weighted by Crippen LogP contribution is 2.33. The minimum Gasteiger partial charge on any atom is -0.492 e. The number of rotatable bonds is 7. The number of hydrogen-bond acceptors (Lipinski definition) is 5. The predicted molar refractivity (Wildman–Crippen MR) is 144 cm³/mol. The van der Waals surface area contributed by atoms with Crippen molar-refractivity contribution < 1.29 is 9.84 Å². The monoisotopic (exact) mass is 485 g/mol. The summed E-state index contributed by atoms with van der Waals surface area (Å²) in [5.41, 5.74) is 5.52. The summed E-state index contributed by atoms with van der Waals surface area (Å²) in [6.45, 7) is 10.7. The lowest BCUT2D eigenvalue weighted by Gasteiger charge is -2.38. The lowest BCUT2D eigenvalue weighted by atomic mass is 9.85. The van der Waals surface area contributed by atoms with E-state index in [1.807, 2.05) is 12.1 Å². The molecule has 0 saturated carbocycles. The van der Waals surface area contributed by atoms with Gasteiger partial charge in [-0.05, 0) is 60.1 Å². The van der Waals surface area contributed by atoms with Crippen LogP contribution in [-0.4, -0.2) is 46.1 Å². The summed E-state index contributed by atoms with van der Waals surface area (Å²) in [4.78, 5) is 9.13. The second-order valence-corrected chi connectivity index (χ2v) is 11.0. The molecule has 5 rings (SSSR count). The van der Waals surface area contributed by atoms with Gasteiger partial charge in [-0.2, -0.15) is 0 Å². The van der Waals surface area contributed by atoms with Crippen molar-refractivity contribution in [3.63, 3.8) is 0 Å². The first kappa shape index (κ1) is 24.9. The molecule has 36 heavy (non-hydrogen) atoms. The number of aliphatic hydroxyl groups is 1. The fourth-order valence-electron chi connectivity index (χ4n) is 5.51. The summed E-state index contributed by atoms with van der Waals surface area (Å²) in [6.07, 6.45) is 6.16. The number of hydrogen-bond donors (Lipinski definition) is 1. The SMILES string of the molecule is CC(C)Cc1ccc(CN2CCOc3ccc(CN4CCC(O)(c5cccnc5)CC4)cc3C2)cc1. The fraction of sp³-hybridized carbons (Fsp3) is 0.452. The van der Waals surface area contributed by atoms with Gasteiger partial charge in [0.15, 0.2) is 0 Å². The van der Waals surface area contributed by atoms with Crippen molar-refractivity contribution >= 4 is 0 Å². The van der Waals surface area contributed by atoms with Gasteiger partial charge >= 0.3 is 0 Å². The molecule has 0 aliphatic carbocycles. The normalized spacial score (nSPS) is 18.4. The molecule has 2 aliphatic rings. The molecule has 0 unspecified atom stereocenters. The molecule has 1 aromatic heterocycles. The maximum atomic E-state index is 11.1. The first-order chi connectivity index (χ1) is 17.5. The minimum atomic E-state index is -0.764. The van der Waals surface area contributed by atoms with E-state index in [1.165, 1.54) is 22.3 Å². The summed E-state index contributed by atoms with van der Waals surface area (Å²) >= 11 is 0. The molecular weight excluding hydrogens is 446 g/mol. The van der Waals surface area contributed by atoms with Crippen LogP contribution in [0.3, 0.4) is 0 Å². The molecule has 3 heterocycles. The van der Waals surface area contributed by atoms with E-state index in [4.69, 9.17) is 4.74 Å². The molecule has 0 radical (unpaired) electrons. The topological polar surface area (TPSA) is 48.8 Å². The zero-order valence-corrected chi connectivity index (χ0v) is 21.7. The standard InChI is InChI=1S/C31H39N3O2/c1-24(2)18-25-5-7-26(8-6-25)21-34-16-17-36-30-10-9-27(19-28(30)23-34)22-33-14-11-31(35,12-15-33)29-4-3-13-32-20-29/h3-10,13,19-20,24,35H,11-12,14-18,21-23H2,1-2H3. The van der Waals surface area contributed by atoms with E-state index < -0.39 is 5.60 Å². The molecule has 2 aliphatic heterocycles. The average molecular weight is 486 g/mol. The second kappa shape index (κ2) is 11.1. The molecule has 3 aromatic rings. The first-order valence-electron chi connectivity index (χ1n) is 13.4. The Bertz CT molecular complexity index is 1120. The summed E-state index contributed by atoms with van der Waals surface area (Å²) in [7, 11) is 0. The van der Waals surface area contributed by atoms with E-state index in [-0.39, 0.29) is 0 Å². The van der Waals surface area contributed by atoms with Gasteiger partial charge in [0.25, 0.3) is 0 Å². The summed E-state index contributed by atoms with van der Waals surface area (Å²) in [5, 5.41) is 11.1. The number of pyridine rings is 1. The quantitative estimate of drug-likeness (QED) is 0.501. The number of piperidine rings is 1. The summed E-state index contributed by atoms with van der Waals surface area (Å²) in [6, 6.07) is 19.7. The molecule has 1 saturated heterocycles. The largest absolute Gasteiger partial charge is 0.492 e. The molecule has 0 atom stereocenters. The molecule has 190 valence electrons. The molecule has 1 fully saturated rings. The third kappa shape index (κ3) is 6.15. The second-order valence-electron chi connectivity index (χ2n) is 11.0. The van der Waals surface area contributed by atoms with Crippen molar-refractivity contribution in [2.45, 2.75) is 58.3 Å². The van der Waals surface area contributed by atoms with Gasteiger partial charge in [0.1, 0.15) is 12.4 Å². The number of fused-ring (bicyclic) bond motifs is 1. The maximum Gasteiger partial charge on any atom is 0.123 e. The van der Waals surface area contributed by atoms with Gasteiger partial charge in [-0.25, -0.2) is 0 Å². The van der Waals surface area contributed by atoms with E-state index >= 15 is 0 Å². The van der Waals surface area contributed by atoms with Crippen molar-refractivity contribution in [3.8, 4) is 5.75 Å². The zero-order chi connectivity index (χ0) is 25.0. The van der Waals surface area contributed by atoms with E-state index in [2.05, 4.69) is 71.1 Å². The van der Waals surface area contributed by atoms with Crippen LogP contribution >= 0.6 is 0 Å². The van der Waals surface area contributed by atoms with Gasteiger partial charge in [-0.3, -0.25) is 14.8 Å². The Hall–Kier alpha value is -2.73. The Morgan fingerprint density at radius 2 is 1.64 bits per heavy atom. The van der Waals surface area contributed by atoms with Gasteiger partial charge in [0, 0.05) is 62.8 Å². The molecule has 0 bridgehead atoms. The highest BCUT2D eigenvalue weighted by atomic mass is 16.5. The van der Waals surface area contributed by atoms with Gasteiger partial charge in [0.05, 0.1) is 5.60 Å². The Balaban J connectivity index is 1.20. The number of likely N-dealkylation sites (tertiary alicyclic amines) is 1. The fourth-order valence-corrected chi connectivity index (χ4v) is 5.51. The van der Waals surface area contributed by atoms with Crippen molar-refractivity contribution in [2.24, 2.45) is 5.92 Å². The van der Waals surface area contributed by atoms with Gasteiger partial charge in [-0.1, -0.05) is 50.2 Å². The lowest BCUT2D eigenvalue weighted by Crippen LogP contribution is -2.42. The highest BCUT2D eigenvalue weighted by molar-refractivity contribution is 5.38. The predicted octanol–water partition coefficient (Wildman–Crippen LogP) is 5.16. The highest BCUT2D eigenvalue weighted by Gasteiger charge is 2.34. The van der Waals surface area contributed by atoms with Gasteiger partial charge in [-0.15, -0.1) is 0 Å². The molecule has 0 amide bonds. The zero-order valence-electron chi connectivity index (χ0n) is 21.7. The van der Waals surface area contributed by atoms with Crippen LogP contribution in [0, 0.1) is 5.92 Å². The summed E-state index contributed by atoms with van der Waals surface area (Å²) < 4.78 is 6.11. The number of ether oxygens (including phenoxy) is 1. The first-order valence-corrected chi connectivity index (χ1v) is 13.4. The van der Waals surface area contributed by atoms with Crippen LogP contribution < -0.4 is 4.74 Å². The third-order valence-corrected chi connectivity index (χ3v) is 7.55. The molecule has 2 aromatic carbocycles. The summed E-state index contributed by atoms with van der Waals surface area (Å²) in [5.74, 6) is 1.69. The van der Waals surface area contributed by atoms with E-state index in [0.717, 1.165) is 76.5 Å². The van der Waals surface area contributed by atoms with Crippen LogP contribution in [-0.2, 0) is 31.7 Å². The van der Waals surface area contributed by atoms with E-state index in [1.54, 1.807) is 12.4 Å². The van der Waals surface area contributed by atoms with Gasteiger partial charge in [0.2, 0.25) is 0 Å². The van der Waals surface area contributed by atoms with Crippen molar-refractivity contribution in [3.05, 3.63) is 94.8 Å². The van der Waals surface area contributed by atoms with Crippen molar-refractivity contribution in [1.82, 2.24) is 14.8 Å². The Kier molecular flexibility index (Phi) is 7.70. The van der Waals surface area contributed by atoms with Crippen LogP contribution in [0.1, 0.15) is 54.5 Å². The van der Waals surface area contributed by atoms with Gasteiger partial charge < -0.3 is 9.84 Å². The average Bonchev–Trinajstić information content (AvgIpc) is 3.08. The van der Waals surface area contributed by atoms with Crippen LogP contribution in [0.5, 0.6) is 5.75 Å². The van der Waals surface area contributed by atoms with E-state index in [0.29, 0.717) is 5.92 Å². The molecular formula is C31H39N3O2. The molecule has 5 heteroatoms. The molecule has 0 spiro atoms. The van der Waals surface area contributed by atoms with E-state index in [9.17, 15) is 5.11 Å². The Labute approximate surface area is 215 Å². The van der Waals surface area contributed by atoms with Crippen LogP contribution in [0.2, 0.25) is 0 Å². The Morgan fingerprint density at radius 3 is 2.36 bits per heavy atom. The van der Waals surface area contributed by atoms with Crippen molar-refractivity contribution in [1.29, 1.82) is 0 Å². The van der Waals surface area contributed by atoms with Crippen LogP contribution in [0.25, 0.3) is 0 Å². The number of benzene rings is 2. The molecule has 5 nitrogen and oxygen atoms in total. The number of aromatic nitrogens is 1. The minimum absolute atomic E-state index is 0.682.